The number of anilines is 1. The number of esters is 1. The quantitative estimate of drug-likeness (QED) is 0.677. The van der Waals surface area contributed by atoms with Crippen LogP contribution in [0.25, 0.3) is 0 Å². The highest BCUT2D eigenvalue weighted by Crippen LogP contribution is 2.61. The van der Waals surface area contributed by atoms with Crippen LogP contribution in [0.15, 0.2) is 0 Å². The van der Waals surface area contributed by atoms with E-state index in [1.807, 2.05) is 6.92 Å². The van der Waals surface area contributed by atoms with Crippen molar-refractivity contribution < 1.29 is 14.3 Å². The summed E-state index contributed by atoms with van der Waals surface area (Å²) in [6.07, 6.45) is 12.7. The van der Waals surface area contributed by atoms with E-state index in [9.17, 15) is 9.59 Å². The number of fused-ring (bicyclic) bond motifs is 1. The van der Waals surface area contributed by atoms with Crippen molar-refractivity contribution in [3.8, 4) is 0 Å². The minimum absolute atomic E-state index is 0.103. The predicted molar refractivity (Wildman–Crippen MR) is 111 cm³/mol. The first kappa shape index (κ1) is 18.7. The molecule has 0 atom stereocenters. The van der Waals surface area contributed by atoms with Crippen molar-refractivity contribution in [1.82, 2.24) is 0 Å². The summed E-state index contributed by atoms with van der Waals surface area (Å²) in [6.45, 7) is 2.20. The van der Waals surface area contributed by atoms with E-state index < -0.39 is 0 Å². The van der Waals surface area contributed by atoms with Gasteiger partial charge in [0.2, 0.25) is 5.91 Å². The van der Waals surface area contributed by atoms with Crippen molar-refractivity contribution in [2.75, 3.05) is 11.9 Å². The van der Waals surface area contributed by atoms with E-state index in [1.54, 1.807) is 11.3 Å². The number of rotatable bonds is 5. The zero-order valence-electron chi connectivity index (χ0n) is 16.9. The minimum Gasteiger partial charge on any atom is -0.462 e. The van der Waals surface area contributed by atoms with Crippen molar-refractivity contribution in [3.63, 3.8) is 0 Å². The molecule has 4 bridgehead atoms. The Morgan fingerprint density at radius 2 is 1.71 bits per heavy atom. The van der Waals surface area contributed by atoms with E-state index in [-0.39, 0.29) is 17.3 Å². The summed E-state index contributed by atoms with van der Waals surface area (Å²) in [4.78, 5) is 27.0. The molecule has 1 aromatic rings. The molecule has 0 aliphatic heterocycles. The number of hydrogen-bond acceptors (Lipinski definition) is 4. The summed E-state index contributed by atoms with van der Waals surface area (Å²) in [5.74, 6) is 2.38. The van der Waals surface area contributed by atoms with Gasteiger partial charge in [0.05, 0.1) is 12.2 Å². The van der Waals surface area contributed by atoms with Gasteiger partial charge < -0.3 is 10.1 Å². The average Bonchev–Trinajstić information content (AvgIpc) is 2.97. The van der Waals surface area contributed by atoms with E-state index in [4.69, 9.17) is 4.74 Å². The largest absolute Gasteiger partial charge is 0.462 e. The molecular weight excluding hydrogens is 370 g/mol. The molecule has 4 nitrogen and oxygen atoms in total. The van der Waals surface area contributed by atoms with Crippen LogP contribution in [0.5, 0.6) is 0 Å². The van der Waals surface area contributed by atoms with Crippen LogP contribution >= 0.6 is 11.3 Å². The van der Waals surface area contributed by atoms with Gasteiger partial charge in [0.1, 0.15) is 5.00 Å². The zero-order valence-corrected chi connectivity index (χ0v) is 17.7. The van der Waals surface area contributed by atoms with Gasteiger partial charge >= 0.3 is 5.97 Å². The lowest BCUT2D eigenvalue weighted by Gasteiger charge is -2.56. The summed E-state index contributed by atoms with van der Waals surface area (Å²) < 4.78 is 5.33. The maximum absolute atomic E-state index is 13.1. The van der Waals surface area contributed by atoms with Crippen molar-refractivity contribution in [3.05, 3.63) is 16.0 Å². The van der Waals surface area contributed by atoms with Crippen LogP contribution in [-0.4, -0.2) is 18.5 Å². The maximum atomic E-state index is 13.1. The Labute approximate surface area is 171 Å². The molecule has 152 valence electrons. The van der Waals surface area contributed by atoms with Crippen LogP contribution in [0, 0.1) is 23.2 Å². The van der Waals surface area contributed by atoms with Crippen LogP contribution < -0.4 is 5.32 Å². The van der Waals surface area contributed by atoms with Gasteiger partial charge in [-0.15, -0.1) is 11.3 Å². The Hall–Kier alpha value is -1.36. The molecule has 28 heavy (non-hydrogen) atoms. The second kappa shape index (κ2) is 7.16. The van der Waals surface area contributed by atoms with Gasteiger partial charge in [-0.25, -0.2) is 4.79 Å². The maximum Gasteiger partial charge on any atom is 0.341 e. The number of nitrogens with one attached hydrogen (secondary N) is 1. The first-order valence-electron chi connectivity index (χ1n) is 11.2. The van der Waals surface area contributed by atoms with Crippen LogP contribution in [0.4, 0.5) is 5.00 Å². The van der Waals surface area contributed by atoms with Gasteiger partial charge in [0.15, 0.2) is 0 Å². The molecule has 4 fully saturated rings. The van der Waals surface area contributed by atoms with E-state index >= 15 is 0 Å². The first-order valence-corrected chi connectivity index (χ1v) is 12.0. The molecule has 0 radical (unpaired) electrons. The normalized spacial score (nSPS) is 32.8. The number of hydrogen-bond donors (Lipinski definition) is 1. The lowest BCUT2D eigenvalue weighted by Crippen LogP contribution is -2.47. The third-order valence-electron chi connectivity index (χ3n) is 7.60. The highest BCUT2D eigenvalue weighted by molar-refractivity contribution is 7.17. The molecular formula is C23H31NO3S. The Bertz CT molecular complexity index is 761. The van der Waals surface area contributed by atoms with Crippen molar-refractivity contribution in [2.45, 2.75) is 77.6 Å². The van der Waals surface area contributed by atoms with Crippen molar-refractivity contribution in [2.24, 2.45) is 23.2 Å². The number of thiophene rings is 1. The number of aryl methyl sites for hydroxylation is 1. The number of carbonyl (C=O) groups excluding carboxylic acids is 2. The molecule has 1 heterocycles. The summed E-state index contributed by atoms with van der Waals surface area (Å²) in [6, 6.07) is 0. The Morgan fingerprint density at radius 1 is 1.07 bits per heavy atom. The first-order chi connectivity index (χ1) is 13.5. The number of ether oxygens (including phenoxy) is 1. The number of amides is 1. The third-order valence-corrected chi connectivity index (χ3v) is 8.81. The predicted octanol–water partition coefficient (Wildman–Crippen LogP) is 5.35. The van der Waals surface area contributed by atoms with Gasteiger partial charge in [-0.05, 0) is 99.9 Å². The third kappa shape index (κ3) is 3.30. The Kier molecular flexibility index (Phi) is 4.77. The second-order valence-electron chi connectivity index (χ2n) is 9.78. The van der Waals surface area contributed by atoms with Crippen molar-refractivity contribution >= 4 is 28.2 Å². The van der Waals surface area contributed by atoms with Crippen LogP contribution in [0.2, 0.25) is 0 Å². The highest BCUT2D eigenvalue weighted by Gasteiger charge is 2.51. The second-order valence-corrected chi connectivity index (χ2v) is 10.9. The molecule has 1 N–H and O–H groups in total. The van der Waals surface area contributed by atoms with Crippen LogP contribution in [-0.2, 0) is 22.4 Å². The molecule has 5 heteroatoms. The van der Waals surface area contributed by atoms with E-state index in [2.05, 4.69) is 5.32 Å². The molecule has 0 unspecified atom stereocenters. The van der Waals surface area contributed by atoms with Crippen LogP contribution in [0.3, 0.4) is 0 Å². The fraction of sp³-hybridized carbons (Fsp3) is 0.739. The molecule has 6 rings (SSSR count). The molecule has 0 aromatic carbocycles. The van der Waals surface area contributed by atoms with E-state index in [1.165, 1.54) is 43.4 Å². The summed E-state index contributed by atoms with van der Waals surface area (Å²) in [5, 5.41) is 3.90. The molecule has 0 spiro atoms. The number of carbonyl (C=O) groups is 2. The lowest BCUT2D eigenvalue weighted by atomic mass is 9.49. The van der Waals surface area contributed by atoms with E-state index in [0.717, 1.165) is 54.0 Å². The topological polar surface area (TPSA) is 55.4 Å². The molecule has 0 saturated heterocycles. The fourth-order valence-electron chi connectivity index (χ4n) is 7.09. The standard InChI is InChI=1S/C23H31NO3S/c1-2-27-22(26)20-17-5-3-4-6-18(17)28-21(20)24-19(25)13-23-10-14-7-15(11-23)9-16(8-14)12-23/h14-16H,2-13H2,1H3,(H,24,25). The van der Waals surface area contributed by atoms with Crippen LogP contribution in [0.1, 0.15) is 85.5 Å². The van der Waals surface area contributed by atoms with Crippen molar-refractivity contribution in [1.29, 1.82) is 0 Å². The van der Waals surface area contributed by atoms with Gasteiger partial charge in [-0.2, -0.15) is 0 Å². The molecule has 1 aromatic heterocycles. The molecule has 5 aliphatic rings. The highest BCUT2D eigenvalue weighted by atomic mass is 32.1. The SMILES string of the molecule is CCOC(=O)c1c(NC(=O)CC23CC4CC(CC(C4)C2)C3)sc2c1CCCC2. The smallest absolute Gasteiger partial charge is 0.341 e. The molecule has 5 aliphatic carbocycles. The van der Waals surface area contributed by atoms with Gasteiger partial charge in [0, 0.05) is 11.3 Å². The lowest BCUT2D eigenvalue weighted by molar-refractivity contribution is -0.124. The Balaban J connectivity index is 1.35. The summed E-state index contributed by atoms with van der Waals surface area (Å²) in [5.41, 5.74) is 1.99. The van der Waals surface area contributed by atoms with Gasteiger partial charge in [0.25, 0.3) is 0 Å². The average molecular weight is 402 g/mol. The molecule has 1 amide bonds. The monoisotopic (exact) mass is 401 g/mol. The molecule has 4 saturated carbocycles. The summed E-state index contributed by atoms with van der Waals surface area (Å²) >= 11 is 1.60. The fourth-order valence-corrected chi connectivity index (χ4v) is 8.38. The Morgan fingerprint density at radius 3 is 2.36 bits per heavy atom. The minimum atomic E-state index is -0.271. The van der Waals surface area contributed by atoms with Gasteiger partial charge in [-0.3, -0.25) is 4.79 Å². The zero-order chi connectivity index (χ0) is 19.3. The summed E-state index contributed by atoms with van der Waals surface area (Å²) in [7, 11) is 0. The van der Waals surface area contributed by atoms with Gasteiger partial charge in [-0.1, -0.05) is 0 Å². The van der Waals surface area contributed by atoms with E-state index in [0.29, 0.717) is 18.6 Å².